The first kappa shape index (κ1) is 29.8. The summed E-state index contributed by atoms with van der Waals surface area (Å²) in [5.74, 6) is -0.836. The molecule has 1 atom stereocenters. The second-order valence-electron chi connectivity index (χ2n) is 8.61. The Morgan fingerprint density at radius 2 is 1.71 bits per heavy atom. The Morgan fingerprint density at radius 1 is 1.09 bits per heavy atom. The number of halogens is 3. The summed E-state index contributed by atoms with van der Waals surface area (Å²) in [6.07, 6.45) is 2.81. The number of aliphatic hydroxyl groups is 1. The Balaban J connectivity index is 0.000000540. The highest BCUT2D eigenvalue weighted by Crippen LogP contribution is 2.54. The largest absolute Gasteiger partial charge is 0.391 e. The predicted octanol–water partition coefficient (Wildman–Crippen LogP) is 5.55. The summed E-state index contributed by atoms with van der Waals surface area (Å²) in [5.41, 5.74) is -0.807. The molecule has 0 bridgehead atoms. The number of benzene rings is 2. The van der Waals surface area contributed by atoms with Crippen molar-refractivity contribution in [3.05, 3.63) is 74.2 Å². The first-order valence-corrected chi connectivity index (χ1v) is 14.0. The molecule has 0 radical (unpaired) electrons. The maximum Gasteiger partial charge on any atom is 0.342 e. The van der Waals surface area contributed by atoms with Crippen LogP contribution in [-0.2, 0) is 9.36 Å². The summed E-state index contributed by atoms with van der Waals surface area (Å²) in [6.45, 7) is 1.11. The number of aliphatic hydroxyl groups excluding tert-OH is 1. The normalized spacial score (nSPS) is 12.9. The molecule has 0 aliphatic rings. The van der Waals surface area contributed by atoms with E-state index in [1.807, 2.05) is 0 Å². The monoisotopic (exact) mass is 579 g/mol. The molecule has 1 amide bonds. The van der Waals surface area contributed by atoms with Gasteiger partial charge >= 0.3 is 7.60 Å². The molecule has 0 aliphatic carbocycles. The fraction of sp³-hybridized carbons (Fsp3) is 0.261. The molecule has 0 saturated heterocycles. The molecule has 4 N–H and O–H groups in total. The smallest absolute Gasteiger partial charge is 0.342 e. The Morgan fingerprint density at radius 3 is 2.23 bits per heavy atom. The quantitative estimate of drug-likeness (QED) is 0.217. The van der Waals surface area contributed by atoms with Crippen LogP contribution in [0.15, 0.2) is 48.0 Å². The van der Waals surface area contributed by atoms with Crippen LogP contribution >= 0.6 is 53.7 Å². The first-order valence-electron chi connectivity index (χ1n) is 10.3. The van der Waals surface area contributed by atoms with Crippen molar-refractivity contribution in [2.45, 2.75) is 5.66 Å². The number of rotatable bonds is 7. The minimum atomic E-state index is -4.79. The van der Waals surface area contributed by atoms with Gasteiger partial charge in [0.25, 0.3) is 0 Å². The second kappa shape index (κ2) is 12.7. The van der Waals surface area contributed by atoms with E-state index in [1.54, 1.807) is 41.8 Å². The van der Waals surface area contributed by atoms with E-state index in [1.165, 1.54) is 23.6 Å². The van der Waals surface area contributed by atoms with Crippen molar-refractivity contribution in [1.29, 1.82) is 0 Å². The van der Waals surface area contributed by atoms with E-state index in [0.29, 0.717) is 26.0 Å². The molecule has 7 nitrogen and oxygen atoms in total. The van der Waals surface area contributed by atoms with Gasteiger partial charge in [-0.1, -0.05) is 34.8 Å². The molecule has 0 fully saturated rings. The van der Waals surface area contributed by atoms with Crippen molar-refractivity contribution in [3.8, 4) is 0 Å². The SMILES string of the molecule is C[N+](C)(C)CCO.O=C(N/C=C/c1cc(Cl)cc(Cl)c1)C(c1csc2ccc(Cl)cc12)P(=O)(O)O. The highest BCUT2D eigenvalue weighted by molar-refractivity contribution is 7.53. The first-order chi connectivity index (χ1) is 16.2. The van der Waals surface area contributed by atoms with Crippen LogP contribution in [0.2, 0.25) is 15.1 Å². The average molecular weight is 581 g/mol. The number of fused-ring (bicyclic) bond motifs is 1. The zero-order valence-corrected chi connectivity index (χ0v) is 23.3. The molecule has 0 spiro atoms. The third kappa shape index (κ3) is 9.50. The third-order valence-electron chi connectivity index (χ3n) is 4.60. The van der Waals surface area contributed by atoms with E-state index in [-0.39, 0.29) is 12.2 Å². The van der Waals surface area contributed by atoms with E-state index >= 15 is 0 Å². The number of thiophene rings is 1. The molecule has 1 heterocycles. The van der Waals surface area contributed by atoms with Gasteiger partial charge < -0.3 is 24.7 Å². The number of carbonyl (C=O) groups excluding carboxylic acids is 1. The Labute approximate surface area is 223 Å². The van der Waals surface area contributed by atoms with Gasteiger partial charge in [-0.25, -0.2) is 0 Å². The standard InChI is InChI=1S/C18H13Cl3NO4PS.C5H14NO/c19-11-1-2-16-14(8-11)15(9-28-16)17(27(24,25)26)18(23)22-4-3-10-5-12(20)7-13(21)6-10;1-6(2,3)4-5-7/h1-9,17H,(H,22,23)(H2,24,25,26);7H,4-5H2,1-3H3/q;+1/b4-3+;. The van der Waals surface area contributed by atoms with Crippen LogP contribution in [0.3, 0.4) is 0 Å². The molecule has 1 unspecified atom stereocenters. The number of hydrogen-bond acceptors (Lipinski definition) is 4. The van der Waals surface area contributed by atoms with E-state index in [9.17, 15) is 19.1 Å². The molecular weight excluding hydrogens is 554 g/mol. The number of likely N-dealkylation sites (N-methyl/N-ethyl adjacent to an activating group) is 1. The van der Waals surface area contributed by atoms with Crippen molar-refractivity contribution in [2.75, 3.05) is 34.3 Å². The third-order valence-corrected chi connectivity index (χ3v) is 7.44. The number of quaternary nitrogens is 1. The highest BCUT2D eigenvalue weighted by Gasteiger charge is 2.38. The molecule has 0 aliphatic heterocycles. The molecule has 3 aromatic rings. The summed E-state index contributed by atoms with van der Waals surface area (Å²) < 4.78 is 13.7. The van der Waals surface area contributed by atoms with Gasteiger partial charge in [0.2, 0.25) is 5.91 Å². The maximum atomic E-state index is 12.6. The number of amides is 1. The summed E-state index contributed by atoms with van der Waals surface area (Å²) >= 11 is 19.1. The van der Waals surface area contributed by atoms with Gasteiger partial charge in [-0.05, 0) is 64.4 Å². The lowest BCUT2D eigenvalue weighted by atomic mass is 10.1. The minimum Gasteiger partial charge on any atom is -0.391 e. The van der Waals surface area contributed by atoms with E-state index in [4.69, 9.17) is 39.9 Å². The van der Waals surface area contributed by atoms with Gasteiger partial charge in [0, 0.05) is 26.0 Å². The van der Waals surface area contributed by atoms with Gasteiger partial charge in [-0.2, -0.15) is 0 Å². The van der Waals surface area contributed by atoms with Crippen LogP contribution in [0.1, 0.15) is 16.8 Å². The van der Waals surface area contributed by atoms with Crippen molar-refractivity contribution < 1.29 is 28.7 Å². The molecular formula is C23H27Cl3N2O5PS+. The van der Waals surface area contributed by atoms with Gasteiger partial charge in [0.15, 0.2) is 5.66 Å². The predicted molar refractivity (Wildman–Crippen MR) is 145 cm³/mol. The van der Waals surface area contributed by atoms with Crippen molar-refractivity contribution in [2.24, 2.45) is 0 Å². The van der Waals surface area contributed by atoms with Gasteiger partial charge in [-0.3, -0.25) is 9.36 Å². The fourth-order valence-electron chi connectivity index (χ4n) is 2.98. The number of carbonyl (C=O) groups is 1. The maximum absolute atomic E-state index is 12.6. The topological polar surface area (TPSA) is 107 Å². The average Bonchev–Trinajstić information content (AvgIpc) is 3.08. The van der Waals surface area contributed by atoms with Crippen LogP contribution in [0.5, 0.6) is 0 Å². The van der Waals surface area contributed by atoms with E-state index in [0.717, 1.165) is 15.7 Å². The van der Waals surface area contributed by atoms with Gasteiger partial charge in [0.05, 0.1) is 27.7 Å². The Bertz CT molecular complexity index is 1230. The minimum absolute atomic E-state index is 0.229. The van der Waals surface area contributed by atoms with Crippen molar-refractivity contribution >= 4 is 75.8 Å². The highest BCUT2D eigenvalue weighted by atomic mass is 35.5. The zero-order valence-electron chi connectivity index (χ0n) is 19.3. The second-order valence-corrected chi connectivity index (χ2v) is 12.5. The molecule has 35 heavy (non-hydrogen) atoms. The number of hydrogen-bond donors (Lipinski definition) is 4. The summed E-state index contributed by atoms with van der Waals surface area (Å²) in [6, 6.07) is 9.83. The van der Waals surface area contributed by atoms with Crippen LogP contribution in [0.25, 0.3) is 16.2 Å². The lowest BCUT2D eigenvalue weighted by Crippen LogP contribution is -2.36. The Kier molecular flexibility index (Phi) is 10.8. The van der Waals surface area contributed by atoms with Crippen LogP contribution in [0, 0.1) is 0 Å². The number of nitrogens with one attached hydrogen (secondary N) is 1. The molecule has 12 heteroatoms. The van der Waals surface area contributed by atoms with E-state index < -0.39 is 19.2 Å². The Hall–Kier alpha value is -1.45. The lowest BCUT2D eigenvalue weighted by Gasteiger charge is -2.21. The summed E-state index contributed by atoms with van der Waals surface area (Å²) in [5, 5.41) is 14.2. The number of nitrogens with zero attached hydrogens (tertiary/aromatic N) is 1. The van der Waals surface area contributed by atoms with Crippen LogP contribution in [0.4, 0.5) is 0 Å². The lowest BCUT2D eigenvalue weighted by molar-refractivity contribution is -0.870. The molecule has 190 valence electrons. The van der Waals surface area contributed by atoms with Crippen LogP contribution < -0.4 is 5.32 Å². The summed E-state index contributed by atoms with van der Waals surface area (Å²) in [7, 11) is 1.36. The molecule has 1 aromatic heterocycles. The molecule has 3 rings (SSSR count). The van der Waals surface area contributed by atoms with Crippen molar-refractivity contribution in [1.82, 2.24) is 5.32 Å². The molecule has 2 aromatic carbocycles. The van der Waals surface area contributed by atoms with Crippen molar-refractivity contribution in [3.63, 3.8) is 0 Å². The molecule has 0 saturated carbocycles. The van der Waals surface area contributed by atoms with Gasteiger partial charge in [0.1, 0.15) is 6.54 Å². The van der Waals surface area contributed by atoms with Crippen LogP contribution in [-0.4, -0.2) is 59.6 Å². The fourth-order valence-corrected chi connectivity index (χ4v) is 5.72. The van der Waals surface area contributed by atoms with E-state index in [2.05, 4.69) is 26.5 Å². The summed E-state index contributed by atoms with van der Waals surface area (Å²) in [4.78, 5) is 32.2. The van der Waals surface area contributed by atoms with Gasteiger partial charge in [-0.15, -0.1) is 11.3 Å². The zero-order chi connectivity index (χ0) is 26.4.